The summed E-state index contributed by atoms with van der Waals surface area (Å²) in [5.41, 5.74) is -1.13. The van der Waals surface area contributed by atoms with Gasteiger partial charge in [-0.1, -0.05) is 0 Å². The normalized spacial score (nSPS) is 19.9. The molecular formula is C14H21F3N4O. The number of alkyl halides is 3. The second-order valence-electron chi connectivity index (χ2n) is 6.55. The molecule has 0 aliphatic carbocycles. The van der Waals surface area contributed by atoms with Crippen molar-refractivity contribution in [2.24, 2.45) is 7.05 Å². The first kappa shape index (κ1) is 16.8. The fourth-order valence-electron chi connectivity index (χ4n) is 2.68. The first-order chi connectivity index (χ1) is 10.00. The van der Waals surface area contributed by atoms with Gasteiger partial charge in [0.05, 0.1) is 0 Å². The molecule has 0 radical (unpaired) electrons. The van der Waals surface area contributed by atoms with Crippen molar-refractivity contribution in [2.75, 3.05) is 13.1 Å². The topological polar surface area (TPSA) is 50.2 Å². The van der Waals surface area contributed by atoms with Crippen molar-refractivity contribution in [3.63, 3.8) is 0 Å². The SMILES string of the molecule is Cn1nc(C(=O)NCC2CCN2C(C)(C)C)cc1C(F)(F)F. The van der Waals surface area contributed by atoms with Gasteiger partial charge in [-0.15, -0.1) is 0 Å². The van der Waals surface area contributed by atoms with Gasteiger partial charge in [-0.25, -0.2) is 0 Å². The minimum atomic E-state index is -4.52. The third-order valence-electron chi connectivity index (χ3n) is 3.91. The minimum absolute atomic E-state index is 0.0160. The summed E-state index contributed by atoms with van der Waals surface area (Å²) in [5, 5.41) is 6.31. The van der Waals surface area contributed by atoms with Crippen molar-refractivity contribution in [3.05, 3.63) is 17.5 Å². The Bertz CT molecular complexity index is 559. The molecule has 1 atom stereocenters. The van der Waals surface area contributed by atoms with Crippen LogP contribution in [0.2, 0.25) is 0 Å². The van der Waals surface area contributed by atoms with Crippen LogP contribution in [0.4, 0.5) is 13.2 Å². The summed E-state index contributed by atoms with van der Waals surface area (Å²) in [5.74, 6) is -0.577. The summed E-state index contributed by atoms with van der Waals surface area (Å²) in [6.45, 7) is 7.65. The van der Waals surface area contributed by atoms with Crippen molar-refractivity contribution in [1.82, 2.24) is 20.0 Å². The Kier molecular flexibility index (Phi) is 4.25. The van der Waals surface area contributed by atoms with E-state index in [9.17, 15) is 18.0 Å². The molecule has 2 heterocycles. The van der Waals surface area contributed by atoms with Gasteiger partial charge in [0.2, 0.25) is 0 Å². The number of hydrogen-bond donors (Lipinski definition) is 1. The molecule has 1 aromatic rings. The van der Waals surface area contributed by atoms with E-state index in [4.69, 9.17) is 0 Å². The molecule has 1 amide bonds. The standard InChI is InChI=1S/C14H21F3N4O/c1-13(2,3)21-6-5-9(21)8-18-12(22)10-7-11(14(15,16)17)20(4)19-10/h7,9H,5-6,8H2,1-4H3,(H,18,22). The number of nitrogens with zero attached hydrogens (tertiary/aromatic N) is 3. The van der Waals surface area contributed by atoms with Gasteiger partial charge in [-0.05, 0) is 27.2 Å². The van der Waals surface area contributed by atoms with Crippen LogP contribution in [0.25, 0.3) is 0 Å². The average Bonchev–Trinajstić information content (AvgIpc) is 2.67. The minimum Gasteiger partial charge on any atom is -0.349 e. The monoisotopic (exact) mass is 318 g/mol. The number of carbonyl (C=O) groups is 1. The molecule has 1 aliphatic heterocycles. The van der Waals surface area contributed by atoms with Crippen molar-refractivity contribution in [1.29, 1.82) is 0 Å². The zero-order chi connectivity index (χ0) is 16.7. The molecule has 1 unspecified atom stereocenters. The largest absolute Gasteiger partial charge is 0.433 e. The molecule has 5 nitrogen and oxygen atoms in total. The molecule has 2 rings (SSSR count). The van der Waals surface area contributed by atoms with Gasteiger partial charge in [0.25, 0.3) is 5.91 Å². The molecule has 1 aromatic heterocycles. The Hall–Kier alpha value is -1.57. The van der Waals surface area contributed by atoms with Crippen LogP contribution in [0.3, 0.4) is 0 Å². The number of nitrogens with one attached hydrogen (secondary N) is 1. The summed E-state index contributed by atoms with van der Waals surface area (Å²) >= 11 is 0. The van der Waals surface area contributed by atoms with E-state index in [1.807, 2.05) is 0 Å². The van der Waals surface area contributed by atoms with Crippen LogP contribution >= 0.6 is 0 Å². The molecular weight excluding hydrogens is 297 g/mol. The van der Waals surface area contributed by atoms with E-state index >= 15 is 0 Å². The van der Waals surface area contributed by atoms with Crippen LogP contribution in [0.1, 0.15) is 43.4 Å². The highest BCUT2D eigenvalue weighted by molar-refractivity contribution is 5.92. The summed E-state index contributed by atoms with van der Waals surface area (Å²) in [6.07, 6.45) is -3.55. The van der Waals surface area contributed by atoms with Crippen LogP contribution < -0.4 is 5.32 Å². The van der Waals surface area contributed by atoms with Crippen molar-refractivity contribution in [3.8, 4) is 0 Å². The number of halogens is 3. The number of carbonyl (C=O) groups excluding carboxylic acids is 1. The third kappa shape index (κ3) is 3.43. The Labute approximate surface area is 127 Å². The van der Waals surface area contributed by atoms with Crippen LogP contribution in [0.5, 0.6) is 0 Å². The fourth-order valence-corrected chi connectivity index (χ4v) is 2.68. The summed E-state index contributed by atoms with van der Waals surface area (Å²) in [4.78, 5) is 14.2. The van der Waals surface area contributed by atoms with E-state index in [2.05, 4.69) is 36.1 Å². The van der Waals surface area contributed by atoms with E-state index < -0.39 is 17.8 Å². The number of rotatable bonds is 3. The predicted molar refractivity (Wildman–Crippen MR) is 75.4 cm³/mol. The molecule has 0 aromatic carbocycles. The number of likely N-dealkylation sites (tertiary alicyclic amines) is 1. The lowest BCUT2D eigenvalue weighted by Gasteiger charge is -2.49. The van der Waals surface area contributed by atoms with Crippen LogP contribution in [-0.2, 0) is 13.2 Å². The maximum absolute atomic E-state index is 12.7. The Balaban J connectivity index is 1.96. The highest BCUT2D eigenvalue weighted by atomic mass is 19.4. The summed E-state index contributed by atoms with van der Waals surface area (Å²) in [7, 11) is 1.17. The highest BCUT2D eigenvalue weighted by Gasteiger charge is 2.37. The molecule has 1 fully saturated rings. The van der Waals surface area contributed by atoms with Crippen molar-refractivity contribution >= 4 is 5.91 Å². The Morgan fingerprint density at radius 3 is 2.45 bits per heavy atom. The number of aromatic nitrogens is 2. The van der Waals surface area contributed by atoms with Gasteiger partial charge >= 0.3 is 6.18 Å². The number of aryl methyl sites for hydroxylation is 1. The van der Waals surface area contributed by atoms with E-state index in [1.165, 1.54) is 7.05 Å². The smallest absolute Gasteiger partial charge is 0.349 e. The maximum atomic E-state index is 12.7. The second-order valence-corrected chi connectivity index (χ2v) is 6.55. The number of amides is 1. The van der Waals surface area contributed by atoms with Crippen LogP contribution in [-0.4, -0.2) is 45.3 Å². The van der Waals surface area contributed by atoms with Gasteiger partial charge in [0, 0.05) is 37.8 Å². The predicted octanol–water partition coefficient (Wildman–Crippen LogP) is 2.04. The molecule has 0 bridgehead atoms. The van der Waals surface area contributed by atoms with Crippen molar-refractivity contribution < 1.29 is 18.0 Å². The number of hydrogen-bond acceptors (Lipinski definition) is 3. The highest BCUT2D eigenvalue weighted by Crippen LogP contribution is 2.29. The van der Waals surface area contributed by atoms with Gasteiger partial charge in [-0.2, -0.15) is 18.3 Å². The lowest BCUT2D eigenvalue weighted by atomic mass is 9.93. The first-order valence-electron chi connectivity index (χ1n) is 7.16. The lowest BCUT2D eigenvalue weighted by molar-refractivity contribution is -0.143. The average molecular weight is 318 g/mol. The quantitative estimate of drug-likeness (QED) is 0.928. The first-order valence-corrected chi connectivity index (χ1v) is 7.16. The Morgan fingerprint density at radius 1 is 1.41 bits per heavy atom. The Morgan fingerprint density at radius 2 is 2.05 bits per heavy atom. The third-order valence-corrected chi connectivity index (χ3v) is 3.91. The zero-order valence-corrected chi connectivity index (χ0v) is 13.2. The van der Waals surface area contributed by atoms with E-state index in [-0.39, 0.29) is 17.3 Å². The molecule has 8 heteroatoms. The zero-order valence-electron chi connectivity index (χ0n) is 13.2. The summed E-state index contributed by atoms with van der Waals surface area (Å²) < 4.78 is 38.7. The van der Waals surface area contributed by atoms with Gasteiger partial charge in [-0.3, -0.25) is 14.4 Å². The molecule has 0 saturated carbocycles. The molecule has 1 aliphatic rings. The van der Waals surface area contributed by atoms with E-state index in [1.54, 1.807) is 0 Å². The molecule has 0 spiro atoms. The van der Waals surface area contributed by atoms with Gasteiger partial charge < -0.3 is 5.32 Å². The molecule has 1 saturated heterocycles. The molecule has 1 N–H and O–H groups in total. The maximum Gasteiger partial charge on any atom is 0.433 e. The second kappa shape index (κ2) is 5.57. The molecule has 22 heavy (non-hydrogen) atoms. The van der Waals surface area contributed by atoms with E-state index in [0.717, 1.165) is 19.0 Å². The van der Waals surface area contributed by atoms with Gasteiger partial charge in [0.1, 0.15) is 5.69 Å². The van der Waals surface area contributed by atoms with Gasteiger partial charge in [0.15, 0.2) is 5.69 Å². The van der Waals surface area contributed by atoms with E-state index in [0.29, 0.717) is 11.2 Å². The van der Waals surface area contributed by atoms with Crippen molar-refractivity contribution in [2.45, 2.75) is 44.9 Å². The molecule has 124 valence electrons. The lowest BCUT2D eigenvalue weighted by Crippen LogP contribution is -2.60. The fraction of sp³-hybridized carbons (Fsp3) is 0.714. The van der Waals surface area contributed by atoms with Crippen LogP contribution in [0.15, 0.2) is 6.07 Å². The summed E-state index contributed by atoms with van der Waals surface area (Å²) in [6, 6.07) is 0.993. The van der Waals surface area contributed by atoms with Crippen LogP contribution in [0, 0.1) is 0 Å².